The van der Waals surface area contributed by atoms with Gasteiger partial charge in [0.25, 0.3) is 0 Å². The van der Waals surface area contributed by atoms with Crippen LogP contribution in [-0.2, 0) is 9.53 Å². The maximum atomic E-state index is 11.1. The average molecular weight is 199 g/mol. The van der Waals surface area contributed by atoms with Crippen LogP contribution in [0.5, 0.6) is 0 Å². The standard InChI is InChI=1S/C11H21NO2/c1-8(10-4-5-10)6-12-7-9(2)11(13)14-3/h8-10,12H,4-7H2,1-3H3. The molecule has 3 heteroatoms. The van der Waals surface area contributed by atoms with Crippen molar-refractivity contribution in [3.63, 3.8) is 0 Å². The molecule has 0 saturated heterocycles. The third kappa shape index (κ3) is 3.66. The largest absolute Gasteiger partial charge is 0.469 e. The van der Waals surface area contributed by atoms with Gasteiger partial charge in [0.2, 0.25) is 0 Å². The molecule has 3 nitrogen and oxygen atoms in total. The first-order valence-corrected chi connectivity index (χ1v) is 5.43. The van der Waals surface area contributed by atoms with Crippen LogP contribution < -0.4 is 5.32 Å². The molecule has 1 aliphatic rings. The predicted molar refractivity (Wildman–Crippen MR) is 55.9 cm³/mol. The Bertz CT molecular complexity index is 190. The average Bonchev–Trinajstić information content (AvgIpc) is 2.99. The topological polar surface area (TPSA) is 38.3 Å². The lowest BCUT2D eigenvalue weighted by Crippen LogP contribution is -2.30. The van der Waals surface area contributed by atoms with Gasteiger partial charge in [0.05, 0.1) is 13.0 Å². The van der Waals surface area contributed by atoms with Crippen molar-refractivity contribution in [3.8, 4) is 0 Å². The quantitative estimate of drug-likeness (QED) is 0.658. The molecule has 1 saturated carbocycles. The van der Waals surface area contributed by atoms with E-state index in [1.807, 2.05) is 6.92 Å². The summed E-state index contributed by atoms with van der Waals surface area (Å²) in [4.78, 5) is 11.1. The van der Waals surface area contributed by atoms with Gasteiger partial charge in [-0.05, 0) is 31.2 Å². The third-order valence-corrected chi connectivity index (χ3v) is 2.95. The molecule has 0 spiro atoms. The summed E-state index contributed by atoms with van der Waals surface area (Å²) in [7, 11) is 1.44. The number of carbonyl (C=O) groups excluding carboxylic acids is 1. The van der Waals surface area contributed by atoms with Crippen molar-refractivity contribution < 1.29 is 9.53 Å². The number of hydrogen-bond donors (Lipinski definition) is 1. The summed E-state index contributed by atoms with van der Waals surface area (Å²) in [6, 6.07) is 0. The van der Waals surface area contributed by atoms with Gasteiger partial charge in [-0.3, -0.25) is 4.79 Å². The highest BCUT2D eigenvalue weighted by molar-refractivity contribution is 5.71. The predicted octanol–water partition coefficient (Wildman–Crippen LogP) is 1.43. The molecule has 0 amide bonds. The maximum absolute atomic E-state index is 11.1. The second-order valence-corrected chi connectivity index (χ2v) is 4.40. The molecule has 0 bridgehead atoms. The van der Waals surface area contributed by atoms with Gasteiger partial charge in [-0.2, -0.15) is 0 Å². The van der Waals surface area contributed by atoms with Crippen LogP contribution in [0.1, 0.15) is 26.7 Å². The van der Waals surface area contributed by atoms with Gasteiger partial charge >= 0.3 is 5.97 Å². The molecule has 0 aromatic carbocycles. The molecule has 14 heavy (non-hydrogen) atoms. The number of ether oxygens (including phenoxy) is 1. The molecule has 0 aromatic heterocycles. The van der Waals surface area contributed by atoms with Gasteiger partial charge in [0, 0.05) is 6.54 Å². The van der Waals surface area contributed by atoms with E-state index in [2.05, 4.69) is 17.0 Å². The van der Waals surface area contributed by atoms with Crippen LogP contribution in [0, 0.1) is 17.8 Å². The lowest BCUT2D eigenvalue weighted by atomic mass is 10.1. The first kappa shape index (κ1) is 11.5. The molecule has 1 rings (SSSR count). The van der Waals surface area contributed by atoms with Crippen LogP contribution in [-0.4, -0.2) is 26.2 Å². The number of esters is 1. The Balaban J connectivity index is 2.04. The molecule has 0 aromatic rings. The van der Waals surface area contributed by atoms with E-state index in [4.69, 9.17) is 0 Å². The lowest BCUT2D eigenvalue weighted by Gasteiger charge is -2.14. The van der Waals surface area contributed by atoms with Crippen molar-refractivity contribution in [1.29, 1.82) is 0 Å². The molecule has 1 fully saturated rings. The monoisotopic (exact) mass is 199 g/mol. The van der Waals surface area contributed by atoms with E-state index in [0.717, 1.165) is 24.9 Å². The van der Waals surface area contributed by atoms with Gasteiger partial charge in [0.1, 0.15) is 0 Å². The first-order chi connectivity index (χ1) is 6.65. The zero-order valence-corrected chi connectivity index (χ0v) is 9.38. The molecule has 1 aliphatic carbocycles. The molecule has 2 atom stereocenters. The molecule has 0 heterocycles. The number of hydrogen-bond acceptors (Lipinski definition) is 3. The van der Waals surface area contributed by atoms with Crippen LogP contribution in [0.2, 0.25) is 0 Å². The summed E-state index contributed by atoms with van der Waals surface area (Å²) in [5, 5.41) is 3.32. The summed E-state index contributed by atoms with van der Waals surface area (Å²) in [6.45, 7) is 5.91. The van der Waals surface area contributed by atoms with Gasteiger partial charge in [-0.15, -0.1) is 0 Å². The van der Waals surface area contributed by atoms with E-state index in [1.54, 1.807) is 0 Å². The zero-order valence-electron chi connectivity index (χ0n) is 9.38. The van der Waals surface area contributed by atoms with Crippen LogP contribution >= 0.6 is 0 Å². The SMILES string of the molecule is COC(=O)C(C)CNCC(C)C1CC1. The highest BCUT2D eigenvalue weighted by Gasteiger charge is 2.27. The molecular weight excluding hydrogens is 178 g/mol. The molecular formula is C11H21NO2. The van der Waals surface area contributed by atoms with E-state index in [-0.39, 0.29) is 11.9 Å². The second-order valence-electron chi connectivity index (χ2n) is 4.40. The third-order valence-electron chi connectivity index (χ3n) is 2.95. The summed E-state index contributed by atoms with van der Waals surface area (Å²) < 4.78 is 4.65. The van der Waals surface area contributed by atoms with E-state index in [1.165, 1.54) is 20.0 Å². The Morgan fingerprint density at radius 1 is 1.43 bits per heavy atom. The molecule has 0 radical (unpaired) electrons. The fourth-order valence-corrected chi connectivity index (χ4v) is 1.64. The van der Waals surface area contributed by atoms with Crippen LogP contribution in [0.25, 0.3) is 0 Å². The van der Waals surface area contributed by atoms with Crippen molar-refractivity contribution in [2.45, 2.75) is 26.7 Å². The smallest absolute Gasteiger partial charge is 0.309 e. The van der Waals surface area contributed by atoms with Crippen molar-refractivity contribution in [1.82, 2.24) is 5.32 Å². The molecule has 1 N–H and O–H groups in total. The van der Waals surface area contributed by atoms with Crippen LogP contribution in [0.15, 0.2) is 0 Å². The van der Waals surface area contributed by atoms with Crippen LogP contribution in [0.4, 0.5) is 0 Å². The van der Waals surface area contributed by atoms with Crippen molar-refractivity contribution in [3.05, 3.63) is 0 Å². The number of rotatable bonds is 6. The summed E-state index contributed by atoms with van der Waals surface area (Å²) in [5.41, 5.74) is 0. The summed E-state index contributed by atoms with van der Waals surface area (Å²) in [6.07, 6.45) is 2.77. The zero-order chi connectivity index (χ0) is 10.6. The Morgan fingerprint density at radius 3 is 2.57 bits per heavy atom. The van der Waals surface area contributed by atoms with Crippen molar-refractivity contribution in [2.24, 2.45) is 17.8 Å². The minimum atomic E-state index is -0.128. The van der Waals surface area contributed by atoms with Crippen LogP contribution in [0.3, 0.4) is 0 Å². The fourth-order valence-electron chi connectivity index (χ4n) is 1.64. The number of nitrogens with one attached hydrogen (secondary N) is 1. The van der Waals surface area contributed by atoms with Gasteiger partial charge in [-0.1, -0.05) is 13.8 Å². The van der Waals surface area contributed by atoms with Gasteiger partial charge < -0.3 is 10.1 Å². The Hall–Kier alpha value is -0.570. The lowest BCUT2D eigenvalue weighted by molar-refractivity contribution is -0.144. The highest BCUT2D eigenvalue weighted by atomic mass is 16.5. The van der Waals surface area contributed by atoms with Gasteiger partial charge in [0.15, 0.2) is 0 Å². The van der Waals surface area contributed by atoms with E-state index >= 15 is 0 Å². The van der Waals surface area contributed by atoms with E-state index in [0.29, 0.717) is 0 Å². The number of methoxy groups -OCH3 is 1. The molecule has 82 valence electrons. The Labute approximate surface area is 86.2 Å². The molecule has 0 aliphatic heterocycles. The minimum Gasteiger partial charge on any atom is -0.469 e. The Kier molecular flexibility index (Phi) is 4.39. The second kappa shape index (κ2) is 5.35. The van der Waals surface area contributed by atoms with Crippen molar-refractivity contribution >= 4 is 5.97 Å². The normalized spacial score (nSPS) is 20.2. The Morgan fingerprint density at radius 2 is 2.07 bits per heavy atom. The minimum absolute atomic E-state index is 0.0357. The first-order valence-electron chi connectivity index (χ1n) is 5.43. The van der Waals surface area contributed by atoms with E-state index < -0.39 is 0 Å². The molecule has 2 unspecified atom stereocenters. The maximum Gasteiger partial charge on any atom is 0.309 e. The summed E-state index contributed by atoms with van der Waals surface area (Å²) in [5.74, 6) is 1.51. The fraction of sp³-hybridized carbons (Fsp3) is 0.909. The summed E-state index contributed by atoms with van der Waals surface area (Å²) >= 11 is 0. The van der Waals surface area contributed by atoms with Crippen molar-refractivity contribution in [2.75, 3.05) is 20.2 Å². The van der Waals surface area contributed by atoms with Gasteiger partial charge in [-0.25, -0.2) is 0 Å². The number of carbonyl (C=O) groups is 1. The van der Waals surface area contributed by atoms with E-state index in [9.17, 15) is 4.79 Å². The highest BCUT2D eigenvalue weighted by Crippen LogP contribution is 2.35.